The fraction of sp³-hybridized carbons (Fsp3) is 0.167. The molecule has 9 heteroatoms. The van der Waals surface area contributed by atoms with Crippen LogP contribution in [0.1, 0.15) is 18.3 Å². The van der Waals surface area contributed by atoms with Gasteiger partial charge in [-0.05, 0) is 67.6 Å². The summed E-state index contributed by atoms with van der Waals surface area (Å²) in [4.78, 5) is 16.0. The van der Waals surface area contributed by atoms with Crippen LogP contribution in [0.3, 0.4) is 0 Å². The molecule has 0 bridgehead atoms. The van der Waals surface area contributed by atoms with Crippen LogP contribution in [0, 0.1) is 0 Å². The molecule has 1 aromatic heterocycles. The molecular formula is C24H21F3N4O2. The third-order valence-electron chi connectivity index (χ3n) is 5.14. The molecule has 1 atom stereocenters. The summed E-state index contributed by atoms with van der Waals surface area (Å²) in [6.45, 7) is 2.01. The van der Waals surface area contributed by atoms with Crippen molar-refractivity contribution in [3.8, 4) is 17.2 Å². The fourth-order valence-electron chi connectivity index (χ4n) is 3.34. The number of benzene rings is 3. The maximum Gasteiger partial charge on any atom is 0.416 e. The molecule has 0 saturated heterocycles. The Hall–Kier alpha value is -3.85. The first-order chi connectivity index (χ1) is 15.7. The SMILES string of the molecule is CC(NCc1nc2ccccc2n1-c1ccc(Oc2ccc(C(F)(F)F)cc2)cc1)C(N)=O. The van der Waals surface area contributed by atoms with Crippen LogP contribution in [0.4, 0.5) is 13.2 Å². The number of carbonyl (C=O) groups is 1. The van der Waals surface area contributed by atoms with Crippen LogP contribution in [0.2, 0.25) is 0 Å². The average Bonchev–Trinajstić information content (AvgIpc) is 3.16. The second-order valence-corrected chi connectivity index (χ2v) is 7.48. The summed E-state index contributed by atoms with van der Waals surface area (Å²) in [5.41, 5.74) is 7.10. The Morgan fingerprint density at radius 1 is 1.03 bits per heavy atom. The van der Waals surface area contributed by atoms with E-state index in [1.54, 1.807) is 19.1 Å². The second-order valence-electron chi connectivity index (χ2n) is 7.48. The predicted molar refractivity (Wildman–Crippen MR) is 118 cm³/mol. The molecule has 0 radical (unpaired) electrons. The van der Waals surface area contributed by atoms with E-state index in [9.17, 15) is 18.0 Å². The predicted octanol–water partition coefficient (Wildman–Crippen LogP) is 4.80. The summed E-state index contributed by atoms with van der Waals surface area (Å²) >= 11 is 0. The second kappa shape index (κ2) is 8.95. The highest BCUT2D eigenvalue weighted by Crippen LogP contribution is 2.32. The van der Waals surface area contributed by atoms with Crippen LogP contribution in [0.5, 0.6) is 11.5 Å². The quantitative estimate of drug-likeness (QED) is 0.420. The first-order valence-corrected chi connectivity index (χ1v) is 10.2. The molecule has 170 valence electrons. The number of carbonyl (C=O) groups excluding carboxylic acids is 1. The van der Waals surface area contributed by atoms with Gasteiger partial charge < -0.3 is 10.5 Å². The Balaban J connectivity index is 1.58. The summed E-state index contributed by atoms with van der Waals surface area (Å²) in [6.07, 6.45) is -4.39. The molecule has 0 aliphatic heterocycles. The Bertz CT molecular complexity index is 1270. The number of nitrogens with one attached hydrogen (secondary N) is 1. The van der Waals surface area contributed by atoms with Crippen molar-refractivity contribution in [2.24, 2.45) is 5.73 Å². The standard InChI is InChI=1S/C24H21F3N4O2/c1-15(23(28)32)29-14-22-30-20-4-2-3-5-21(20)31(22)17-8-12-19(13-9-17)33-18-10-6-16(7-11-18)24(25,26)27/h2-13,15,29H,14H2,1H3,(H2,28,32). The summed E-state index contributed by atoms with van der Waals surface area (Å²) in [5.74, 6) is 1.02. The minimum absolute atomic E-state index is 0.300. The lowest BCUT2D eigenvalue weighted by atomic mass is 10.2. The van der Waals surface area contributed by atoms with Gasteiger partial charge in [0.25, 0.3) is 0 Å². The van der Waals surface area contributed by atoms with Gasteiger partial charge in [0.1, 0.15) is 17.3 Å². The van der Waals surface area contributed by atoms with Crippen LogP contribution in [0.15, 0.2) is 72.8 Å². The highest BCUT2D eigenvalue weighted by atomic mass is 19.4. The maximum absolute atomic E-state index is 12.7. The van der Waals surface area contributed by atoms with E-state index in [0.717, 1.165) is 28.9 Å². The van der Waals surface area contributed by atoms with E-state index in [2.05, 4.69) is 10.3 Å². The Labute approximate surface area is 187 Å². The lowest BCUT2D eigenvalue weighted by Gasteiger charge is -2.13. The zero-order valence-electron chi connectivity index (χ0n) is 17.6. The van der Waals surface area contributed by atoms with Crippen molar-refractivity contribution in [1.82, 2.24) is 14.9 Å². The zero-order chi connectivity index (χ0) is 23.6. The molecule has 6 nitrogen and oxygen atoms in total. The molecule has 1 unspecified atom stereocenters. The molecule has 1 heterocycles. The van der Waals surface area contributed by atoms with E-state index < -0.39 is 23.7 Å². The Kier molecular flexibility index (Phi) is 6.06. The van der Waals surface area contributed by atoms with Gasteiger partial charge in [-0.3, -0.25) is 14.7 Å². The van der Waals surface area contributed by atoms with Crippen molar-refractivity contribution >= 4 is 16.9 Å². The molecule has 3 N–H and O–H groups in total. The van der Waals surface area contributed by atoms with E-state index in [1.165, 1.54) is 12.1 Å². The minimum atomic E-state index is -4.39. The third kappa shape index (κ3) is 4.98. The molecule has 0 saturated carbocycles. The van der Waals surface area contributed by atoms with Crippen LogP contribution in [-0.4, -0.2) is 21.5 Å². The average molecular weight is 454 g/mol. The molecule has 33 heavy (non-hydrogen) atoms. The highest BCUT2D eigenvalue weighted by Gasteiger charge is 2.30. The number of fused-ring (bicyclic) bond motifs is 1. The molecule has 0 spiro atoms. The van der Waals surface area contributed by atoms with E-state index in [0.29, 0.717) is 23.9 Å². The smallest absolute Gasteiger partial charge is 0.416 e. The van der Waals surface area contributed by atoms with Crippen LogP contribution in [-0.2, 0) is 17.5 Å². The van der Waals surface area contributed by atoms with E-state index in [-0.39, 0.29) is 0 Å². The van der Waals surface area contributed by atoms with Gasteiger partial charge in [0, 0.05) is 5.69 Å². The number of alkyl halides is 3. The van der Waals surface area contributed by atoms with Crippen molar-refractivity contribution in [3.63, 3.8) is 0 Å². The highest BCUT2D eigenvalue weighted by molar-refractivity contribution is 5.80. The van der Waals surface area contributed by atoms with Gasteiger partial charge in [-0.25, -0.2) is 4.98 Å². The fourth-order valence-corrected chi connectivity index (χ4v) is 3.34. The third-order valence-corrected chi connectivity index (χ3v) is 5.14. The normalized spacial score (nSPS) is 12.6. The lowest BCUT2D eigenvalue weighted by molar-refractivity contribution is -0.137. The minimum Gasteiger partial charge on any atom is -0.457 e. The first-order valence-electron chi connectivity index (χ1n) is 10.2. The summed E-state index contributed by atoms with van der Waals surface area (Å²) in [6, 6.07) is 18.8. The van der Waals surface area contributed by atoms with Gasteiger partial charge in [0.15, 0.2) is 0 Å². The number of rotatable bonds is 7. The number of hydrogen-bond donors (Lipinski definition) is 2. The van der Waals surface area contributed by atoms with Crippen molar-refractivity contribution in [2.75, 3.05) is 0 Å². The van der Waals surface area contributed by atoms with Crippen LogP contribution < -0.4 is 15.8 Å². The molecule has 0 aliphatic rings. The van der Waals surface area contributed by atoms with Crippen molar-refractivity contribution in [3.05, 3.63) is 84.2 Å². The van der Waals surface area contributed by atoms with Crippen molar-refractivity contribution in [1.29, 1.82) is 0 Å². The molecular weight excluding hydrogens is 433 g/mol. The van der Waals surface area contributed by atoms with Crippen LogP contribution in [0.25, 0.3) is 16.7 Å². The van der Waals surface area contributed by atoms with Gasteiger partial charge in [-0.1, -0.05) is 12.1 Å². The van der Waals surface area contributed by atoms with Crippen molar-refractivity contribution in [2.45, 2.75) is 25.7 Å². The van der Waals surface area contributed by atoms with Crippen molar-refractivity contribution < 1.29 is 22.7 Å². The van der Waals surface area contributed by atoms with Gasteiger partial charge in [0.2, 0.25) is 5.91 Å². The summed E-state index contributed by atoms with van der Waals surface area (Å²) < 4.78 is 45.8. The number of primary amides is 1. The summed E-state index contributed by atoms with van der Waals surface area (Å²) in [7, 11) is 0. The Morgan fingerprint density at radius 3 is 2.24 bits per heavy atom. The van der Waals surface area contributed by atoms with E-state index >= 15 is 0 Å². The topological polar surface area (TPSA) is 82.2 Å². The first kappa shape index (κ1) is 22.3. The van der Waals surface area contributed by atoms with Gasteiger partial charge in [0.05, 0.1) is 29.2 Å². The molecule has 0 aliphatic carbocycles. The van der Waals surface area contributed by atoms with Gasteiger partial charge >= 0.3 is 6.18 Å². The number of para-hydroxylation sites is 2. The molecule has 0 fully saturated rings. The molecule has 4 rings (SSSR count). The molecule has 1 amide bonds. The number of nitrogens with two attached hydrogens (primary N) is 1. The van der Waals surface area contributed by atoms with Crippen LogP contribution >= 0.6 is 0 Å². The largest absolute Gasteiger partial charge is 0.457 e. The number of nitrogens with zero attached hydrogens (tertiary/aromatic N) is 2. The maximum atomic E-state index is 12.7. The number of amides is 1. The zero-order valence-corrected chi connectivity index (χ0v) is 17.6. The van der Waals surface area contributed by atoms with E-state index in [1.807, 2.05) is 41.0 Å². The summed E-state index contributed by atoms with van der Waals surface area (Å²) in [5, 5.41) is 3.07. The lowest BCUT2D eigenvalue weighted by Crippen LogP contribution is -2.38. The monoisotopic (exact) mass is 454 g/mol. The number of imidazole rings is 1. The number of ether oxygens (including phenoxy) is 1. The Morgan fingerprint density at radius 2 is 1.64 bits per heavy atom. The number of aromatic nitrogens is 2. The number of hydrogen-bond acceptors (Lipinski definition) is 4. The van der Waals surface area contributed by atoms with Gasteiger partial charge in [-0.2, -0.15) is 13.2 Å². The van der Waals surface area contributed by atoms with E-state index in [4.69, 9.17) is 10.5 Å². The number of halogens is 3. The molecule has 4 aromatic rings. The molecule has 3 aromatic carbocycles. The van der Waals surface area contributed by atoms with Gasteiger partial charge in [-0.15, -0.1) is 0 Å².